The summed E-state index contributed by atoms with van der Waals surface area (Å²) in [5.41, 5.74) is 0.511. The monoisotopic (exact) mass is 262 g/mol. The Hall–Kier alpha value is -1.90. The van der Waals surface area contributed by atoms with Gasteiger partial charge < -0.3 is 15.2 Å². The molecular weight excluding hydrogens is 244 g/mol. The van der Waals surface area contributed by atoms with Crippen molar-refractivity contribution in [3.63, 3.8) is 0 Å². The number of aromatic nitrogens is 1. The molecule has 1 aromatic heterocycles. The van der Waals surface area contributed by atoms with Gasteiger partial charge in [0, 0.05) is 13.5 Å². The van der Waals surface area contributed by atoms with Crippen molar-refractivity contribution in [2.45, 2.75) is 25.9 Å². The lowest BCUT2D eigenvalue weighted by atomic mass is 10.2. The van der Waals surface area contributed by atoms with E-state index in [9.17, 15) is 4.79 Å². The summed E-state index contributed by atoms with van der Waals surface area (Å²) < 4.78 is 5.08. The minimum Gasteiger partial charge on any atom is -0.384 e. The van der Waals surface area contributed by atoms with E-state index in [-0.39, 0.29) is 18.6 Å². The van der Waals surface area contributed by atoms with Gasteiger partial charge >= 0.3 is 0 Å². The van der Waals surface area contributed by atoms with Crippen LogP contribution in [0.2, 0.25) is 0 Å². The molecule has 0 radical (unpaired) electrons. The minimum atomic E-state index is -0.215. The number of anilines is 1. The summed E-state index contributed by atoms with van der Waals surface area (Å²) in [7, 11) is 1.62. The highest BCUT2D eigenvalue weighted by Crippen LogP contribution is 2.06. The van der Waals surface area contributed by atoms with E-state index in [1.54, 1.807) is 25.3 Å². The van der Waals surface area contributed by atoms with Gasteiger partial charge in [-0.3, -0.25) is 4.79 Å². The zero-order chi connectivity index (χ0) is 14.1. The predicted molar refractivity (Wildman–Crippen MR) is 72.5 cm³/mol. The van der Waals surface area contributed by atoms with Gasteiger partial charge in [-0.25, -0.2) is 4.98 Å². The van der Waals surface area contributed by atoms with E-state index < -0.39 is 0 Å². The number of aliphatic hydroxyl groups is 1. The highest BCUT2D eigenvalue weighted by atomic mass is 16.5. The van der Waals surface area contributed by atoms with Gasteiger partial charge in [-0.15, -0.1) is 0 Å². The van der Waals surface area contributed by atoms with Gasteiger partial charge in [0.25, 0.3) is 0 Å². The maximum atomic E-state index is 11.7. The van der Waals surface area contributed by atoms with Crippen LogP contribution in [0.4, 0.5) is 5.82 Å². The van der Waals surface area contributed by atoms with Gasteiger partial charge in [-0.1, -0.05) is 12.0 Å². The van der Waals surface area contributed by atoms with Crippen molar-refractivity contribution >= 4 is 11.7 Å². The molecule has 0 saturated carbocycles. The third kappa shape index (κ3) is 6.00. The average Bonchev–Trinajstić information content (AvgIpc) is 2.43. The Labute approximate surface area is 113 Å². The lowest BCUT2D eigenvalue weighted by molar-refractivity contribution is -0.116. The van der Waals surface area contributed by atoms with Crippen LogP contribution in [0.5, 0.6) is 0 Å². The van der Waals surface area contributed by atoms with Crippen LogP contribution in [0, 0.1) is 11.8 Å². The maximum absolute atomic E-state index is 11.7. The molecule has 2 N–H and O–H groups in total. The summed E-state index contributed by atoms with van der Waals surface area (Å²) >= 11 is 0. The van der Waals surface area contributed by atoms with Gasteiger partial charge in [-0.2, -0.15) is 0 Å². The van der Waals surface area contributed by atoms with Crippen LogP contribution >= 0.6 is 0 Å². The largest absolute Gasteiger partial charge is 0.384 e. The Morgan fingerprint density at radius 3 is 3.05 bits per heavy atom. The molecular formula is C14H18N2O3. The highest BCUT2D eigenvalue weighted by Gasteiger charge is 2.06. The van der Waals surface area contributed by atoms with Crippen molar-refractivity contribution in [2.24, 2.45) is 0 Å². The van der Waals surface area contributed by atoms with Gasteiger partial charge in [-0.05, 0) is 31.4 Å². The standard InChI is InChI=1S/C14H18N2O3/c1-11(19-2)8-9-14(18)16-13-7-3-5-12(15-13)6-4-10-17/h3,5,7,11,17H,8-10H2,1-2H3,(H,15,16,18). The Balaban J connectivity index is 2.54. The van der Waals surface area contributed by atoms with Crippen molar-refractivity contribution in [2.75, 3.05) is 19.0 Å². The van der Waals surface area contributed by atoms with E-state index in [1.807, 2.05) is 6.92 Å². The van der Waals surface area contributed by atoms with Crippen LogP contribution in [-0.2, 0) is 9.53 Å². The summed E-state index contributed by atoms with van der Waals surface area (Å²) in [6.45, 7) is 1.70. The molecule has 1 atom stereocenters. The second kappa shape index (κ2) is 8.25. The van der Waals surface area contributed by atoms with Crippen molar-refractivity contribution in [1.29, 1.82) is 0 Å². The molecule has 5 heteroatoms. The molecule has 1 unspecified atom stereocenters. The number of amides is 1. The van der Waals surface area contributed by atoms with E-state index in [0.29, 0.717) is 24.4 Å². The van der Waals surface area contributed by atoms with Gasteiger partial charge in [0.1, 0.15) is 18.1 Å². The smallest absolute Gasteiger partial charge is 0.225 e. The summed E-state index contributed by atoms with van der Waals surface area (Å²) in [4.78, 5) is 15.8. The fourth-order valence-electron chi connectivity index (χ4n) is 1.36. The van der Waals surface area contributed by atoms with E-state index in [4.69, 9.17) is 9.84 Å². The molecule has 0 spiro atoms. The molecule has 0 bridgehead atoms. The normalized spacial score (nSPS) is 11.3. The fourth-order valence-corrected chi connectivity index (χ4v) is 1.36. The van der Waals surface area contributed by atoms with Crippen LogP contribution in [0.25, 0.3) is 0 Å². The van der Waals surface area contributed by atoms with Gasteiger partial charge in [0.05, 0.1) is 6.10 Å². The number of carbonyl (C=O) groups is 1. The Kier molecular flexibility index (Phi) is 6.58. The molecule has 5 nitrogen and oxygen atoms in total. The topological polar surface area (TPSA) is 71.5 Å². The maximum Gasteiger partial charge on any atom is 0.225 e. The second-order valence-corrected chi connectivity index (χ2v) is 4.00. The number of hydrogen-bond donors (Lipinski definition) is 2. The molecule has 19 heavy (non-hydrogen) atoms. The molecule has 1 amide bonds. The van der Waals surface area contributed by atoms with E-state index in [2.05, 4.69) is 22.1 Å². The minimum absolute atomic E-state index is 0.0560. The number of carbonyl (C=O) groups excluding carboxylic acids is 1. The number of aliphatic hydroxyl groups excluding tert-OH is 1. The first-order valence-corrected chi connectivity index (χ1v) is 6.05. The summed E-state index contributed by atoms with van der Waals surface area (Å²) in [6.07, 6.45) is 1.09. The average molecular weight is 262 g/mol. The third-order valence-corrected chi connectivity index (χ3v) is 2.49. The highest BCUT2D eigenvalue weighted by molar-refractivity contribution is 5.89. The number of nitrogens with zero attached hydrogens (tertiary/aromatic N) is 1. The molecule has 1 aromatic rings. The Morgan fingerprint density at radius 1 is 1.58 bits per heavy atom. The van der Waals surface area contributed by atoms with Crippen LogP contribution < -0.4 is 5.32 Å². The molecule has 0 aliphatic carbocycles. The first kappa shape index (κ1) is 15.2. The molecule has 1 heterocycles. The van der Waals surface area contributed by atoms with Gasteiger partial charge in [0.15, 0.2) is 0 Å². The third-order valence-electron chi connectivity index (χ3n) is 2.49. The van der Waals surface area contributed by atoms with Crippen LogP contribution in [-0.4, -0.2) is 35.8 Å². The molecule has 0 aliphatic rings. The first-order valence-electron chi connectivity index (χ1n) is 6.05. The van der Waals surface area contributed by atoms with E-state index >= 15 is 0 Å². The molecule has 0 aromatic carbocycles. The number of nitrogens with one attached hydrogen (secondary N) is 1. The van der Waals surface area contributed by atoms with Crippen molar-refractivity contribution in [1.82, 2.24) is 4.98 Å². The molecule has 0 saturated heterocycles. The Bertz CT molecular complexity index is 477. The summed E-state index contributed by atoms with van der Waals surface area (Å²) in [5.74, 6) is 5.54. The van der Waals surface area contributed by atoms with Crippen molar-refractivity contribution in [3.05, 3.63) is 23.9 Å². The fraction of sp³-hybridized carbons (Fsp3) is 0.429. The van der Waals surface area contributed by atoms with Crippen LogP contribution in [0.1, 0.15) is 25.5 Å². The number of hydrogen-bond acceptors (Lipinski definition) is 4. The Morgan fingerprint density at radius 2 is 2.37 bits per heavy atom. The molecule has 102 valence electrons. The lowest BCUT2D eigenvalue weighted by Crippen LogP contribution is -2.16. The van der Waals surface area contributed by atoms with E-state index in [0.717, 1.165) is 0 Å². The van der Waals surface area contributed by atoms with Gasteiger partial charge in [0.2, 0.25) is 5.91 Å². The van der Waals surface area contributed by atoms with Crippen LogP contribution in [0.15, 0.2) is 18.2 Å². The predicted octanol–water partition coefficient (Wildman–Crippen LogP) is 1.18. The summed E-state index contributed by atoms with van der Waals surface area (Å²) in [6, 6.07) is 5.16. The number of rotatable bonds is 5. The SMILES string of the molecule is COC(C)CCC(=O)Nc1cccc(C#CCO)n1. The van der Waals surface area contributed by atoms with Crippen LogP contribution in [0.3, 0.4) is 0 Å². The quantitative estimate of drug-likeness (QED) is 0.782. The lowest BCUT2D eigenvalue weighted by Gasteiger charge is -2.09. The second-order valence-electron chi connectivity index (χ2n) is 4.00. The summed E-state index contributed by atoms with van der Waals surface area (Å²) in [5, 5.41) is 11.3. The molecule has 1 rings (SSSR count). The number of ether oxygens (including phenoxy) is 1. The zero-order valence-electron chi connectivity index (χ0n) is 11.1. The molecule has 0 fully saturated rings. The first-order chi connectivity index (χ1) is 9.15. The molecule has 0 aliphatic heterocycles. The zero-order valence-corrected chi connectivity index (χ0v) is 11.1. The van der Waals surface area contributed by atoms with Crippen molar-refractivity contribution < 1.29 is 14.6 Å². The van der Waals surface area contributed by atoms with Crippen molar-refractivity contribution in [3.8, 4) is 11.8 Å². The number of pyridine rings is 1. The van der Waals surface area contributed by atoms with E-state index in [1.165, 1.54) is 0 Å². The number of methoxy groups -OCH3 is 1.